The summed E-state index contributed by atoms with van der Waals surface area (Å²) in [6.45, 7) is 3.83. The van der Waals surface area contributed by atoms with Crippen LogP contribution < -0.4 is 5.32 Å². The Balaban J connectivity index is 2.08. The maximum Gasteiger partial charge on any atom is 0.270 e. The number of nitrogens with zero attached hydrogens (tertiary/aromatic N) is 1. The number of carbonyl (C=O) groups excluding carboxylic acids is 1. The van der Waals surface area contributed by atoms with Crippen LogP contribution >= 0.6 is 0 Å². The predicted octanol–water partition coefficient (Wildman–Crippen LogP) is 2.88. The van der Waals surface area contributed by atoms with Gasteiger partial charge in [0.2, 0.25) is 0 Å². The van der Waals surface area contributed by atoms with Gasteiger partial charge < -0.3 is 5.32 Å². The topological polar surface area (TPSA) is 42.0 Å². The molecular formula is C15H16N2O. The fraction of sp³-hybridized carbons (Fsp3) is 0.200. The van der Waals surface area contributed by atoms with Gasteiger partial charge in [0.1, 0.15) is 5.69 Å². The van der Waals surface area contributed by atoms with Gasteiger partial charge in [-0.05, 0) is 31.5 Å². The summed E-state index contributed by atoms with van der Waals surface area (Å²) in [4.78, 5) is 16.2. The number of aryl methyl sites for hydroxylation is 1. The molecule has 1 atom stereocenters. The van der Waals surface area contributed by atoms with Crippen molar-refractivity contribution in [3.05, 3.63) is 65.5 Å². The average Bonchev–Trinajstić information content (AvgIpc) is 2.39. The second kappa shape index (κ2) is 5.45. The van der Waals surface area contributed by atoms with Crippen molar-refractivity contribution in [1.82, 2.24) is 10.3 Å². The summed E-state index contributed by atoms with van der Waals surface area (Å²) in [7, 11) is 0. The lowest BCUT2D eigenvalue weighted by atomic mass is 10.1. The molecule has 2 aromatic rings. The summed E-state index contributed by atoms with van der Waals surface area (Å²) in [5, 5.41) is 2.94. The SMILES string of the molecule is Cc1cccc(C(=O)N[C@H](C)c2ccccc2)n1. The van der Waals surface area contributed by atoms with E-state index in [4.69, 9.17) is 0 Å². The second-order valence-electron chi connectivity index (χ2n) is 4.27. The monoisotopic (exact) mass is 240 g/mol. The summed E-state index contributed by atoms with van der Waals surface area (Å²) in [6.07, 6.45) is 0. The first kappa shape index (κ1) is 12.3. The smallest absolute Gasteiger partial charge is 0.270 e. The number of carbonyl (C=O) groups is 1. The van der Waals surface area contributed by atoms with Crippen LogP contribution in [0.5, 0.6) is 0 Å². The van der Waals surface area contributed by atoms with Crippen LogP contribution in [0.15, 0.2) is 48.5 Å². The Morgan fingerprint density at radius 2 is 1.83 bits per heavy atom. The Kier molecular flexibility index (Phi) is 3.72. The van der Waals surface area contributed by atoms with Crippen LogP contribution in [0.4, 0.5) is 0 Å². The fourth-order valence-corrected chi connectivity index (χ4v) is 1.77. The zero-order chi connectivity index (χ0) is 13.0. The van der Waals surface area contributed by atoms with Crippen molar-refractivity contribution in [3.63, 3.8) is 0 Å². The van der Waals surface area contributed by atoms with Crippen LogP contribution in [-0.4, -0.2) is 10.9 Å². The highest BCUT2D eigenvalue weighted by Gasteiger charge is 2.11. The Labute approximate surface area is 107 Å². The van der Waals surface area contributed by atoms with Crippen molar-refractivity contribution in [2.45, 2.75) is 19.9 Å². The van der Waals surface area contributed by atoms with E-state index in [9.17, 15) is 4.79 Å². The summed E-state index contributed by atoms with van der Waals surface area (Å²) in [5.41, 5.74) is 2.38. The molecule has 0 aliphatic carbocycles. The lowest BCUT2D eigenvalue weighted by Crippen LogP contribution is -2.27. The van der Waals surface area contributed by atoms with E-state index in [-0.39, 0.29) is 11.9 Å². The quantitative estimate of drug-likeness (QED) is 0.896. The van der Waals surface area contributed by atoms with Crippen molar-refractivity contribution < 1.29 is 4.79 Å². The van der Waals surface area contributed by atoms with Crippen LogP contribution in [0.1, 0.15) is 34.7 Å². The maximum absolute atomic E-state index is 12.0. The standard InChI is InChI=1S/C15H16N2O/c1-11-7-6-10-14(16-11)15(18)17-12(2)13-8-4-3-5-9-13/h3-10,12H,1-2H3,(H,17,18)/t12-/m1/s1. The van der Waals surface area contributed by atoms with E-state index in [0.717, 1.165) is 11.3 Å². The fourth-order valence-electron chi connectivity index (χ4n) is 1.77. The molecule has 1 amide bonds. The van der Waals surface area contributed by atoms with E-state index in [2.05, 4.69) is 10.3 Å². The van der Waals surface area contributed by atoms with Crippen LogP contribution in [0.25, 0.3) is 0 Å². The third kappa shape index (κ3) is 2.94. The first-order valence-corrected chi connectivity index (χ1v) is 5.96. The third-order valence-electron chi connectivity index (χ3n) is 2.77. The van der Waals surface area contributed by atoms with E-state index < -0.39 is 0 Å². The first-order chi connectivity index (χ1) is 8.66. The van der Waals surface area contributed by atoms with Gasteiger partial charge in [0, 0.05) is 5.69 Å². The lowest BCUT2D eigenvalue weighted by molar-refractivity contribution is 0.0934. The maximum atomic E-state index is 12.0. The van der Waals surface area contributed by atoms with Crippen LogP contribution in [-0.2, 0) is 0 Å². The van der Waals surface area contributed by atoms with Crippen molar-refractivity contribution >= 4 is 5.91 Å². The Hall–Kier alpha value is -2.16. The molecule has 1 aromatic carbocycles. The molecule has 2 rings (SSSR count). The number of hydrogen-bond acceptors (Lipinski definition) is 2. The predicted molar refractivity (Wildman–Crippen MR) is 71.3 cm³/mol. The Morgan fingerprint density at radius 3 is 2.50 bits per heavy atom. The molecule has 0 radical (unpaired) electrons. The molecule has 0 bridgehead atoms. The van der Waals surface area contributed by atoms with Gasteiger partial charge in [-0.25, -0.2) is 4.98 Å². The molecule has 1 aromatic heterocycles. The van der Waals surface area contributed by atoms with E-state index in [1.807, 2.05) is 56.3 Å². The molecule has 0 fully saturated rings. The number of hydrogen-bond donors (Lipinski definition) is 1. The lowest BCUT2D eigenvalue weighted by Gasteiger charge is -2.13. The van der Waals surface area contributed by atoms with Gasteiger partial charge in [0.05, 0.1) is 6.04 Å². The van der Waals surface area contributed by atoms with E-state index in [0.29, 0.717) is 5.69 Å². The normalized spacial score (nSPS) is 11.9. The molecule has 3 heteroatoms. The van der Waals surface area contributed by atoms with Crippen LogP contribution in [0, 0.1) is 6.92 Å². The minimum atomic E-state index is -0.143. The van der Waals surface area contributed by atoms with Crippen molar-refractivity contribution in [2.75, 3.05) is 0 Å². The number of benzene rings is 1. The summed E-state index contributed by atoms with van der Waals surface area (Å²) < 4.78 is 0. The average molecular weight is 240 g/mol. The van der Waals surface area contributed by atoms with E-state index in [1.54, 1.807) is 6.07 Å². The Bertz CT molecular complexity index is 537. The Morgan fingerprint density at radius 1 is 1.11 bits per heavy atom. The highest BCUT2D eigenvalue weighted by Crippen LogP contribution is 2.11. The minimum Gasteiger partial charge on any atom is -0.344 e. The van der Waals surface area contributed by atoms with Gasteiger partial charge in [-0.15, -0.1) is 0 Å². The number of pyridine rings is 1. The zero-order valence-electron chi connectivity index (χ0n) is 10.6. The molecule has 0 spiro atoms. The van der Waals surface area contributed by atoms with Gasteiger partial charge in [-0.2, -0.15) is 0 Å². The zero-order valence-corrected chi connectivity index (χ0v) is 10.6. The first-order valence-electron chi connectivity index (χ1n) is 5.96. The molecule has 18 heavy (non-hydrogen) atoms. The van der Waals surface area contributed by atoms with Crippen molar-refractivity contribution in [3.8, 4) is 0 Å². The summed E-state index contributed by atoms with van der Waals surface area (Å²) >= 11 is 0. The largest absolute Gasteiger partial charge is 0.344 e. The number of nitrogens with one attached hydrogen (secondary N) is 1. The second-order valence-corrected chi connectivity index (χ2v) is 4.27. The minimum absolute atomic E-state index is 0.0268. The summed E-state index contributed by atoms with van der Waals surface area (Å²) in [5.74, 6) is -0.143. The van der Waals surface area contributed by atoms with E-state index >= 15 is 0 Å². The van der Waals surface area contributed by atoms with Crippen LogP contribution in [0.2, 0.25) is 0 Å². The van der Waals surface area contributed by atoms with Gasteiger partial charge in [0.15, 0.2) is 0 Å². The molecule has 0 unspecified atom stereocenters. The summed E-state index contributed by atoms with van der Waals surface area (Å²) in [6, 6.07) is 15.3. The molecule has 0 saturated carbocycles. The molecular weight excluding hydrogens is 224 g/mol. The molecule has 92 valence electrons. The van der Waals surface area contributed by atoms with Gasteiger partial charge >= 0.3 is 0 Å². The van der Waals surface area contributed by atoms with Crippen molar-refractivity contribution in [1.29, 1.82) is 0 Å². The highest BCUT2D eigenvalue weighted by atomic mass is 16.1. The molecule has 0 aliphatic rings. The molecule has 1 N–H and O–H groups in total. The molecule has 1 heterocycles. The number of amides is 1. The number of rotatable bonds is 3. The number of aromatic nitrogens is 1. The third-order valence-corrected chi connectivity index (χ3v) is 2.77. The van der Waals surface area contributed by atoms with Gasteiger partial charge in [-0.3, -0.25) is 4.79 Å². The molecule has 0 saturated heterocycles. The van der Waals surface area contributed by atoms with E-state index in [1.165, 1.54) is 0 Å². The molecule has 3 nitrogen and oxygen atoms in total. The van der Waals surface area contributed by atoms with Gasteiger partial charge in [0.25, 0.3) is 5.91 Å². The van der Waals surface area contributed by atoms with Crippen molar-refractivity contribution in [2.24, 2.45) is 0 Å². The van der Waals surface area contributed by atoms with Gasteiger partial charge in [-0.1, -0.05) is 36.4 Å². The van der Waals surface area contributed by atoms with Crippen LogP contribution in [0.3, 0.4) is 0 Å². The molecule has 0 aliphatic heterocycles. The highest BCUT2D eigenvalue weighted by molar-refractivity contribution is 5.92.